The van der Waals surface area contributed by atoms with Crippen LogP contribution in [0.3, 0.4) is 0 Å². The standard InChI is InChI=1S/C36H47FN4O7S/c1-24-9-16-31(17-10-24)49(45,46)39-30-15-18-33-32(20-30)35(43)41(26(3)23-42)21-25(2)34(47-19-7-6-8-27(4)48-33)22-40(5)36(44)38-29-13-11-28(37)12-14-29/h9-18,20,25-27,34,39,42H,6-8,19,21-23H2,1-5H3,(H,38,44)/t25-,26-,27+,34-/m0/s1. The minimum atomic E-state index is -3.95. The molecule has 11 nitrogen and oxygen atoms in total. The van der Waals surface area contributed by atoms with Gasteiger partial charge in [-0.05, 0) is 94.6 Å². The van der Waals surface area contributed by atoms with Crippen LogP contribution in [0, 0.1) is 18.7 Å². The third kappa shape index (κ3) is 10.4. The highest BCUT2D eigenvalue weighted by atomic mass is 32.2. The number of fused-ring (bicyclic) bond motifs is 1. The van der Waals surface area contributed by atoms with Crippen LogP contribution in [0.25, 0.3) is 0 Å². The van der Waals surface area contributed by atoms with Crippen LogP contribution in [0.15, 0.2) is 71.6 Å². The second-order valence-corrected chi connectivity index (χ2v) is 14.4. The van der Waals surface area contributed by atoms with Gasteiger partial charge in [-0.1, -0.05) is 24.6 Å². The van der Waals surface area contributed by atoms with Crippen LogP contribution in [-0.4, -0.2) is 86.9 Å². The van der Waals surface area contributed by atoms with Gasteiger partial charge < -0.3 is 29.7 Å². The van der Waals surface area contributed by atoms with Crippen LogP contribution in [0.4, 0.5) is 20.6 Å². The first kappa shape index (κ1) is 37.6. The Bertz CT molecular complexity index is 1670. The molecule has 0 unspecified atom stereocenters. The molecular formula is C36H47FN4O7S. The van der Waals surface area contributed by atoms with E-state index in [1.54, 1.807) is 38.2 Å². The average Bonchev–Trinajstić information content (AvgIpc) is 3.07. The molecule has 3 aromatic rings. The number of hydrogen-bond acceptors (Lipinski definition) is 7. The minimum Gasteiger partial charge on any atom is -0.490 e. The number of aryl methyl sites for hydroxylation is 1. The van der Waals surface area contributed by atoms with Crippen LogP contribution in [0.1, 0.15) is 56.0 Å². The number of carbonyl (C=O) groups excluding carboxylic acids is 2. The van der Waals surface area contributed by atoms with E-state index in [2.05, 4.69) is 10.0 Å². The number of urea groups is 1. The van der Waals surface area contributed by atoms with Crippen molar-refractivity contribution in [3.8, 4) is 5.75 Å². The summed E-state index contributed by atoms with van der Waals surface area (Å²) >= 11 is 0. The van der Waals surface area contributed by atoms with Crippen molar-refractivity contribution in [1.29, 1.82) is 0 Å². The van der Waals surface area contributed by atoms with Crippen molar-refractivity contribution in [3.63, 3.8) is 0 Å². The van der Waals surface area contributed by atoms with Crippen molar-refractivity contribution in [2.45, 2.75) is 70.1 Å². The fourth-order valence-corrected chi connectivity index (χ4v) is 6.53. The molecule has 0 fully saturated rings. The molecular weight excluding hydrogens is 651 g/mol. The quantitative estimate of drug-likeness (QED) is 0.267. The van der Waals surface area contributed by atoms with Crippen LogP contribution in [-0.2, 0) is 14.8 Å². The lowest BCUT2D eigenvalue weighted by molar-refractivity contribution is -0.0115. The molecule has 1 heterocycles. The maximum Gasteiger partial charge on any atom is 0.321 e. The average molecular weight is 699 g/mol. The molecule has 3 amide bonds. The smallest absolute Gasteiger partial charge is 0.321 e. The molecule has 1 aliphatic rings. The van der Waals surface area contributed by atoms with E-state index in [0.717, 1.165) is 18.4 Å². The molecule has 13 heteroatoms. The summed E-state index contributed by atoms with van der Waals surface area (Å²) in [5.74, 6) is -0.854. The van der Waals surface area contributed by atoms with E-state index >= 15 is 0 Å². The molecule has 3 N–H and O–H groups in total. The second-order valence-electron chi connectivity index (χ2n) is 12.7. The van der Waals surface area contributed by atoms with Crippen molar-refractivity contribution in [2.24, 2.45) is 5.92 Å². The van der Waals surface area contributed by atoms with Gasteiger partial charge in [-0.25, -0.2) is 17.6 Å². The highest BCUT2D eigenvalue weighted by molar-refractivity contribution is 7.92. The fraction of sp³-hybridized carbons (Fsp3) is 0.444. The third-order valence-electron chi connectivity index (χ3n) is 8.53. The molecule has 1 aliphatic heterocycles. The number of sulfonamides is 1. The lowest BCUT2D eigenvalue weighted by Crippen LogP contribution is -2.48. The summed E-state index contributed by atoms with van der Waals surface area (Å²) in [7, 11) is -2.32. The Kier molecular flexibility index (Phi) is 13.0. The number of rotatable bonds is 8. The normalized spacial score (nSPS) is 19.9. The lowest BCUT2D eigenvalue weighted by Gasteiger charge is -2.35. The molecule has 0 spiro atoms. The van der Waals surface area contributed by atoms with Gasteiger partial charge in [0.15, 0.2) is 0 Å². The Labute approximate surface area is 288 Å². The molecule has 49 heavy (non-hydrogen) atoms. The van der Waals surface area contributed by atoms with E-state index in [1.807, 2.05) is 20.8 Å². The number of likely N-dealkylation sites (N-methyl/N-ethyl adjacent to an activating group) is 1. The Morgan fingerprint density at radius 1 is 1.06 bits per heavy atom. The van der Waals surface area contributed by atoms with Gasteiger partial charge >= 0.3 is 6.03 Å². The Hall–Kier alpha value is -4.20. The van der Waals surface area contributed by atoms with Crippen LogP contribution < -0.4 is 14.8 Å². The van der Waals surface area contributed by atoms with Gasteiger partial charge in [0, 0.05) is 44.0 Å². The zero-order valence-electron chi connectivity index (χ0n) is 28.7. The number of amides is 3. The van der Waals surface area contributed by atoms with E-state index in [-0.39, 0.29) is 47.9 Å². The molecule has 4 atom stereocenters. The van der Waals surface area contributed by atoms with Crippen LogP contribution >= 0.6 is 0 Å². The highest BCUT2D eigenvalue weighted by Gasteiger charge is 2.31. The van der Waals surface area contributed by atoms with E-state index in [0.29, 0.717) is 24.5 Å². The molecule has 0 saturated heterocycles. The molecule has 0 saturated carbocycles. The van der Waals surface area contributed by atoms with E-state index in [9.17, 15) is 27.5 Å². The number of aliphatic hydroxyl groups is 1. The Morgan fingerprint density at radius 3 is 2.41 bits per heavy atom. The fourth-order valence-electron chi connectivity index (χ4n) is 5.49. The number of benzene rings is 3. The van der Waals surface area contributed by atoms with Crippen molar-refractivity contribution in [1.82, 2.24) is 9.80 Å². The third-order valence-corrected chi connectivity index (χ3v) is 9.93. The number of halogens is 1. The molecule has 0 aliphatic carbocycles. The summed E-state index contributed by atoms with van der Waals surface area (Å²) in [5, 5.41) is 13.0. The van der Waals surface area contributed by atoms with Gasteiger partial charge in [-0.2, -0.15) is 0 Å². The minimum absolute atomic E-state index is 0.0843. The van der Waals surface area contributed by atoms with E-state index in [1.165, 1.54) is 52.3 Å². The number of aliphatic hydroxyl groups excluding tert-OH is 1. The maximum absolute atomic E-state index is 14.4. The Balaban J connectivity index is 1.62. The van der Waals surface area contributed by atoms with Crippen molar-refractivity contribution in [2.75, 3.05) is 43.4 Å². The molecule has 0 radical (unpaired) electrons. The SMILES string of the molecule is Cc1ccc(S(=O)(=O)Nc2ccc3c(c2)C(=O)N([C@@H](C)CO)C[C@H](C)[C@H](CN(C)C(=O)Nc2ccc(F)cc2)OCCCC[C@@H](C)O3)cc1. The summed E-state index contributed by atoms with van der Waals surface area (Å²) in [6, 6.07) is 15.5. The first-order chi connectivity index (χ1) is 23.3. The molecule has 3 aromatic carbocycles. The molecule has 0 aromatic heterocycles. The highest BCUT2D eigenvalue weighted by Crippen LogP contribution is 2.29. The summed E-state index contributed by atoms with van der Waals surface area (Å²) < 4.78 is 54.9. The van der Waals surface area contributed by atoms with Gasteiger partial charge in [0.2, 0.25) is 0 Å². The monoisotopic (exact) mass is 698 g/mol. The van der Waals surface area contributed by atoms with E-state index in [4.69, 9.17) is 9.47 Å². The van der Waals surface area contributed by atoms with Gasteiger partial charge in [0.1, 0.15) is 11.6 Å². The van der Waals surface area contributed by atoms with Gasteiger partial charge in [0.25, 0.3) is 15.9 Å². The van der Waals surface area contributed by atoms with Crippen molar-refractivity contribution < 1.29 is 37.0 Å². The van der Waals surface area contributed by atoms with Gasteiger partial charge in [-0.3, -0.25) is 9.52 Å². The van der Waals surface area contributed by atoms with Crippen LogP contribution in [0.5, 0.6) is 5.75 Å². The van der Waals surface area contributed by atoms with Gasteiger partial charge in [-0.15, -0.1) is 0 Å². The van der Waals surface area contributed by atoms with E-state index < -0.39 is 39.9 Å². The predicted octanol–water partition coefficient (Wildman–Crippen LogP) is 5.89. The zero-order chi connectivity index (χ0) is 35.7. The summed E-state index contributed by atoms with van der Waals surface area (Å²) in [4.78, 5) is 30.5. The summed E-state index contributed by atoms with van der Waals surface area (Å²) in [5.41, 5.74) is 1.70. The number of nitrogens with one attached hydrogen (secondary N) is 2. The number of anilines is 2. The first-order valence-electron chi connectivity index (χ1n) is 16.5. The number of nitrogens with zero attached hydrogens (tertiary/aromatic N) is 2. The van der Waals surface area contributed by atoms with Crippen LogP contribution in [0.2, 0.25) is 0 Å². The molecule has 266 valence electrons. The Morgan fingerprint density at radius 2 is 1.73 bits per heavy atom. The first-order valence-corrected chi connectivity index (χ1v) is 18.0. The topological polar surface area (TPSA) is 138 Å². The largest absolute Gasteiger partial charge is 0.490 e. The molecule has 4 rings (SSSR count). The number of hydrogen-bond donors (Lipinski definition) is 3. The second kappa shape index (κ2) is 17.0. The predicted molar refractivity (Wildman–Crippen MR) is 187 cm³/mol. The number of ether oxygens (including phenoxy) is 2. The number of carbonyl (C=O) groups is 2. The summed E-state index contributed by atoms with van der Waals surface area (Å²) in [6.07, 6.45) is 1.47. The lowest BCUT2D eigenvalue weighted by atomic mass is 10.0. The summed E-state index contributed by atoms with van der Waals surface area (Å²) in [6.45, 7) is 7.87. The van der Waals surface area contributed by atoms with Gasteiger partial charge in [0.05, 0.1) is 35.3 Å². The zero-order valence-corrected chi connectivity index (χ0v) is 29.5. The maximum atomic E-state index is 14.4. The van der Waals surface area contributed by atoms with Crippen molar-refractivity contribution in [3.05, 3.63) is 83.7 Å². The molecule has 0 bridgehead atoms. The van der Waals surface area contributed by atoms with Crippen molar-refractivity contribution >= 4 is 33.3 Å².